The van der Waals surface area contributed by atoms with E-state index in [1.807, 2.05) is 25.3 Å². The van der Waals surface area contributed by atoms with Crippen molar-refractivity contribution in [2.45, 2.75) is 34.1 Å². The molecule has 0 aliphatic rings. The molecule has 1 aromatic heterocycles. The molecule has 0 aliphatic heterocycles. The van der Waals surface area contributed by atoms with Crippen LogP contribution in [0.4, 0.5) is 10.1 Å². The highest BCUT2D eigenvalue weighted by molar-refractivity contribution is 5.96. The van der Waals surface area contributed by atoms with Gasteiger partial charge in [-0.25, -0.2) is 4.39 Å². The fourth-order valence-corrected chi connectivity index (χ4v) is 3.22. The predicted octanol–water partition coefficient (Wildman–Crippen LogP) is 5.54. The lowest BCUT2D eigenvalue weighted by molar-refractivity contribution is -0.118. The Balaban J connectivity index is 1.95. The van der Waals surface area contributed by atoms with Crippen molar-refractivity contribution >= 4 is 28.2 Å². The van der Waals surface area contributed by atoms with Gasteiger partial charge in [0.25, 0.3) is 0 Å². The molecule has 1 unspecified atom stereocenters. The van der Waals surface area contributed by atoms with Crippen molar-refractivity contribution in [1.82, 2.24) is 10.3 Å². The van der Waals surface area contributed by atoms with E-state index >= 15 is 0 Å². The van der Waals surface area contributed by atoms with Crippen LogP contribution in [0.5, 0.6) is 0 Å². The summed E-state index contributed by atoms with van der Waals surface area (Å²) in [5.41, 5.74) is 5.79. The SMILES string of the molecule is CCC(C)C(CNC(C)=O)=Nc1ccc(-c2c[nH]c3cc(F)ccc23)cc1C. The van der Waals surface area contributed by atoms with Crippen LogP contribution in [0.1, 0.15) is 32.8 Å². The fraction of sp³-hybridized carbons (Fsp3) is 0.304. The highest BCUT2D eigenvalue weighted by atomic mass is 19.1. The minimum atomic E-state index is -0.251. The normalized spacial score (nSPS) is 13.0. The summed E-state index contributed by atoms with van der Waals surface area (Å²) >= 11 is 0. The van der Waals surface area contributed by atoms with Crippen molar-refractivity contribution in [3.8, 4) is 11.1 Å². The molecule has 3 rings (SSSR count). The number of carbonyl (C=O) groups is 1. The average molecular weight is 379 g/mol. The van der Waals surface area contributed by atoms with E-state index in [9.17, 15) is 9.18 Å². The minimum absolute atomic E-state index is 0.0566. The van der Waals surface area contributed by atoms with Gasteiger partial charge in [-0.3, -0.25) is 9.79 Å². The van der Waals surface area contributed by atoms with E-state index in [4.69, 9.17) is 4.99 Å². The quantitative estimate of drug-likeness (QED) is 0.543. The molecule has 28 heavy (non-hydrogen) atoms. The molecule has 4 nitrogen and oxygen atoms in total. The number of hydrogen-bond donors (Lipinski definition) is 2. The van der Waals surface area contributed by atoms with Gasteiger partial charge in [-0.2, -0.15) is 0 Å². The molecule has 1 amide bonds. The third-order valence-electron chi connectivity index (χ3n) is 5.12. The lowest BCUT2D eigenvalue weighted by Crippen LogP contribution is -2.30. The first-order chi connectivity index (χ1) is 13.4. The smallest absolute Gasteiger partial charge is 0.217 e. The van der Waals surface area contributed by atoms with Crippen LogP contribution in [-0.4, -0.2) is 23.1 Å². The highest BCUT2D eigenvalue weighted by Gasteiger charge is 2.12. The summed E-state index contributed by atoms with van der Waals surface area (Å²) < 4.78 is 13.4. The lowest BCUT2D eigenvalue weighted by atomic mass is 10.0. The van der Waals surface area contributed by atoms with Crippen LogP contribution in [0.15, 0.2) is 47.6 Å². The van der Waals surface area contributed by atoms with Crippen LogP contribution >= 0.6 is 0 Å². The van der Waals surface area contributed by atoms with Crippen molar-refractivity contribution < 1.29 is 9.18 Å². The van der Waals surface area contributed by atoms with Crippen LogP contribution < -0.4 is 5.32 Å². The summed E-state index contributed by atoms with van der Waals surface area (Å²) in [4.78, 5) is 19.3. The maximum absolute atomic E-state index is 13.4. The van der Waals surface area contributed by atoms with Crippen LogP contribution in [0.25, 0.3) is 22.0 Å². The number of fused-ring (bicyclic) bond motifs is 1. The number of nitrogens with one attached hydrogen (secondary N) is 2. The molecule has 0 saturated heterocycles. The lowest BCUT2D eigenvalue weighted by Gasteiger charge is -2.14. The van der Waals surface area contributed by atoms with E-state index in [1.54, 1.807) is 6.07 Å². The summed E-state index contributed by atoms with van der Waals surface area (Å²) in [5, 5.41) is 3.84. The Morgan fingerprint density at radius 2 is 2.04 bits per heavy atom. The molecular weight excluding hydrogens is 353 g/mol. The predicted molar refractivity (Wildman–Crippen MR) is 114 cm³/mol. The van der Waals surface area contributed by atoms with Gasteiger partial charge in [0.15, 0.2) is 0 Å². The molecule has 0 radical (unpaired) electrons. The topological polar surface area (TPSA) is 57.2 Å². The number of rotatable bonds is 6. The molecule has 5 heteroatoms. The first-order valence-electron chi connectivity index (χ1n) is 9.58. The summed E-state index contributed by atoms with van der Waals surface area (Å²) in [6, 6.07) is 10.9. The number of hydrogen-bond acceptors (Lipinski definition) is 2. The maximum Gasteiger partial charge on any atom is 0.217 e. The third kappa shape index (κ3) is 4.30. The van der Waals surface area contributed by atoms with Gasteiger partial charge in [0.2, 0.25) is 5.91 Å². The van der Waals surface area contributed by atoms with Crippen molar-refractivity contribution in [3.05, 3.63) is 54.0 Å². The fourth-order valence-electron chi connectivity index (χ4n) is 3.22. The standard InChI is InChI=1S/C23H26FN3O/c1-5-14(2)23(13-25-16(4)28)27-21-9-6-17(10-15(21)3)20-12-26-22-11-18(24)7-8-19(20)22/h6-12,14,26H,5,13H2,1-4H3,(H,25,28). The zero-order chi connectivity index (χ0) is 20.3. The Hall–Kier alpha value is -2.95. The molecule has 2 N–H and O–H groups in total. The van der Waals surface area contributed by atoms with Gasteiger partial charge in [0.1, 0.15) is 5.82 Å². The molecule has 146 valence electrons. The molecule has 0 fully saturated rings. The van der Waals surface area contributed by atoms with E-state index in [0.29, 0.717) is 6.54 Å². The van der Waals surface area contributed by atoms with Crippen molar-refractivity contribution in [3.63, 3.8) is 0 Å². The van der Waals surface area contributed by atoms with Gasteiger partial charge in [-0.15, -0.1) is 0 Å². The van der Waals surface area contributed by atoms with Crippen LogP contribution in [0.2, 0.25) is 0 Å². The van der Waals surface area contributed by atoms with E-state index in [1.165, 1.54) is 19.1 Å². The number of nitrogens with zero attached hydrogens (tertiary/aromatic N) is 1. The molecule has 1 heterocycles. The number of aliphatic imine (C=N–C) groups is 1. The molecule has 3 aromatic rings. The molecule has 0 spiro atoms. The average Bonchev–Trinajstić information content (AvgIpc) is 3.08. The van der Waals surface area contributed by atoms with Crippen LogP contribution in [-0.2, 0) is 4.79 Å². The zero-order valence-corrected chi connectivity index (χ0v) is 16.8. The number of carbonyl (C=O) groups excluding carboxylic acids is 1. The van der Waals surface area contributed by atoms with Gasteiger partial charge in [0.05, 0.1) is 12.2 Å². The highest BCUT2D eigenvalue weighted by Crippen LogP contribution is 2.32. The van der Waals surface area contributed by atoms with Gasteiger partial charge >= 0.3 is 0 Å². The number of halogens is 1. The first kappa shape index (κ1) is 19.8. The van der Waals surface area contributed by atoms with Gasteiger partial charge in [0, 0.05) is 35.3 Å². The van der Waals surface area contributed by atoms with E-state index < -0.39 is 0 Å². The second-order valence-corrected chi connectivity index (χ2v) is 7.22. The monoisotopic (exact) mass is 379 g/mol. The number of aryl methyl sites for hydroxylation is 1. The molecule has 0 bridgehead atoms. The Labute approximate surface area is 164 Å². The number of H-pyrrole nitrogens is 1. The summed E-state index contributed by atoms with van der Waals surface area (Å²) in [7, 11) is 0. The molecule has 0 aliphatic carbocycles. The third-order valence-corrected chi connectivity index (χ3v) is 5.12. The van der Waals surface area contributed by atoms with Crippen LogP contribution in [0, 0.1) is 18.7 Å². The zero-order valence-electron chi connectivity index (χ0n) is 16.8. The summed E-state index contributed by atoms with van der Waals surface area (Å²) in [6.07, 6.45) is 2.87. The van der Waals surface area contributed by atoms with Gasteiger partial charge in [-0.1, -0.05) is 19.9 Å². The Morgan fingerprint density at radius 1 is 1.25 bits per heavy atom. The van der Waals surface area contributed by atoms with Gasteiger partial charge in [-0.05, 0) is 60.7 Å². The molecular formula is C23H26FN3O. The van der Waals surface area contributed by atoms with Crippen molar-refractivity contribution in [1.29, 1.82) is 0 Å². The molecule has 2 aromatic carbocycles. The molecule has 1 atom stereocenters. The van der Waals surface area contributed by atoms with Crippen molar-refractivity contribution in [2.75, 3.05) is 6.54 Å². The van der Waals surface area contributed by atoms with Crippen molar-refractivity contribution in [2.24, 2.45) is 10.9 Å². The number of aromatic nitrogens is 1. The minimum Gasteiger partial charge on any atom is -0.360 e. The van der Waals surface area contributed by atoms with E-state index in [2.05, 4.69) is 30.2 Å². The van der Waals surface area contributed by atoms with E-state index in [-0.39, 0.29) is 17.6 Å². The maximum atomic E-state index is 13.4. The van der Waals surface area contributed by atoms with E-state index in [0.717, 1.165) is 45.4 Å². The first-order valence-corrected chi connectivity index (χ1v) is 9.58. The Bertz CT molecular complexity index is 1040. The number of aromatic amines is 1. The Kier molecular flexibility index (Phi) is 5.93. The summed E-state index contributed by atoms with van der Waals surface area (Å²) in [6.45, 7) is 8.24. The number of amides is 1. The largest absolute Gasteiger partial charge is 0.360 e. The summed E-state index contributed by atoms with van der Waals surface area (Å²) in [5.74, 6) is -0.0215. The molecule has 0 saturated carbocycles. The second-order valence-electron chi connectivity index (χ2n) is 7.22. The van der Waals surface area contributed by atoms with Gasteiger partial charge < -0.3 is 10.3 Å². The second kappa shape index (κ2) is 8.38. The van der Waals surface area contributed by atoms with Crippen LogP contribution in [0.3, 0.4) is 0 Å². The Morgan fingerprint density at radius 3 is 2.71 bits per heavy atom. The number of benzene rings is 2.